The quantitative estimate of drug-likeness (QED) is 0.362. The normalized spacial score (nSPS) is 40.0. The second-order valence-corrected chi connectivity index (χ2v) is 12.3. The lowest BCUT2D eigenvalue weighted by Gasteiger charge is -2.38. The van der Waals surface area contributed by atoms with Gasteiger partial charge in [0.15, 0.2) is 0 Å². The van der Waals surface area contributed by atoms with Gasteiger partial charge in [-0.1, -0.05) is 32.9 Å². The van der Waals surface area contributed by atoms with Gasteiger partial charge in [0.1, 0.15) is 17.5 Å². The zero-order valence-corrected chi connectivity index (χ0v) is 22.4. The zero-order chi connectivity index (χ0) is 28.5. The summed E-state index contributed by atoms with van der Waals surface area (Å²) in [7, 11) is 0. The van der Waals surface area contributed by atoms with E-state index in [1.54, 1.807) is 0 Å². The summed E-state index contributed by atoms with van der Waals surface area (Å²) in [6.45, 7) is 7.67. The molecule has 0 amide bonds. The van der Waals surface area contributed by atoms with Crippen LogP contribution in [0, 0.1) is 34.4 Å². The summed E-state index contributed by atoms with van der Waals surface area (Å²) < 4.78 is 50.4. The summed E-state index contributed by atoms with van der Waals surface area (Å²) in [5.41, 5.74) is 1.94. The number of ether oxygens (including phenoxy) is 4. The number of hydrogen-bond acceptors (Lipinski definition) is 8. The highest BCUT2D eigenvalue weighted by molar-refractivity contribution is 5.91. The number of carboxylic acids is 1. The summed E-state index contributed by atoms with van der Waals surface area (Å²) in [4.78, 5) is 37.5. The van der Waals surface area contributed by atoms with E-state index in [4.69, 9.17) is 24.7 Å². The number of esters is 1. The van der Waals surface area contributed by atoms with Gasteiger partial charge in [0, 0.05) is 24.2 Å². The third kappa shape index (κ3) is 4.11. The first-order valence-electron chi connectivity index (χ1n) is 13.3. The second-order valence-electron chi connectivity index (χ2n) is 12.3. The van der Waals surface area contributed by atoms with Gasteiger partial charge in [-0.05, 0) is 54.7 Å². The maximum atomic E-state index is 15.2. The number of nitrogens with two attached hydrogens (primary N) is 1. The molecule has 1 unspecified atom stereocenters. The van der Waals surface area contributed by atoms with Crippen LogP contribution in [0.4, 0.5) is 13.6 Å². The fourth-order valence-electron chi connectivity index (χ4n) is 7.44. The van der Waals surface area contributed by atoms with Crippen molar-refractivity contribution < 1.29 is 47.2 Å². The molecular formula is C28H35F2NO8. The van der Waals surface area contributed by atoms with Crippen molar-refractivity contribution in [2.45, 2.75) is 89.7 Å². The van der Waals surface area contributed by atoms with E-state index < -0.39 is 59.3 Å². The Kier molecular flexibility index (Phi) is 6.49. The molecule has 0 spiro atoms. The minimum atomic E-state index is -2.70. The van der Waals surface area contributed by atoms with Crippen molar-refractivity contribution in [1.29, 1.82) is 0 Å². The number of carboxylic acid groups (broad SMARTS) is 1. The number of carbonyl (C=O) groups excluding carboxylic acids is 2. The third-order valence-corrected chi connectivity index (χ3v) is 10.3. The average Bonchev–Trinajstić information content (AvgIpc) is 3.14. The Morgan fingerprint density at radius 2 is 1.77 bits per heavy atom. The molecule has 3 N–H and O–H groups in total. The molecule has 0 heterocycles. The average molecular weight is 552 g/mol. The first kappa shape index (κ1) is 27.8. The predicted molar refractivity (Wildman–Crippen MR) is 131 cm³/mol. The first-order chi connectivity index (χ1) is 18.2. The van der Waals surface area contributed by atoms with Crippen LogP contribution in [0.25, 0.3) is 0 Å². The van der Waals surface area contributed by atoms with E-state index in [9.17, 15) is 23.9 Å². The number of halogens is 2. The minimum Gasteiger partial charge on any atom is -0.479 e. The summed E-state index contributed by atoms with van der Waals surface area (Å²) >= 11 is 0. The molecule has 4 saturated carbocycles. The summed E-state index contributed by atoms with van der Waals surface area (Å²) in [5, 5.41) is 9.45. The molecule has 4 aliphatic rings. The summed E-state index contributed by atoms with van der Waals surface area (Å²) in [6, 6.07) is 5.44. The van der Waals surface area contributed by atoms with Gasteiger partial charge >= 0.3 is 18.1 Å². The molecule has 5 rings (SSSR count). The van der Waals surface area contributed by atoms with E-state index in [2.05, 4.69) is 20.8 Å². The van der Waals surface area contributed by atoms with Crippen LogP contribution in [-0.2, 0) is 35.1 Å². The van der Waals surface area contributed by atoms with Crippen molar-refractivity contribution in [2.24, 2.45) is 34.3 Å². The third-order valence-electron chi connectivity index (χ3n) is 10.3. The van der Waals surface area contributed by atoms with E-state index in [0.717, 1.165) is 19.3 Å². The molecule has 4 aliphatic carbocycles. The molecule has 1 aromatic rings. The SMILES string of the molecule is CC(OC(=O)O[C@@H]1C[C@@H]2CC[C@@]1(C)C2(C)C)OC(=O)[C@@]1(N)[C@H]2[C@@H](C[C@H]1OCc1ccc(F)cc1)[C@]2(F)C(=O)O. The van der Waals surface area contributed by atoms with E-state index in [1.165, 1.54) is 31.2 Å². The monoisotopic (exact) mass is 551 g/mol. The van der Waals surface area contributed by atoms with E-state index >= 15 is 4.39 Å². The molecule has 0 aromatic heterocycles. The molecule has 11 heteroatoms. The number of rotatable bonds is 8. The number of carbonyl (C=O) groups is 3. The van der Waals surface area contributed by atoms with Gasteiger partial charge in [0.2, 0.25) is 12.0 Å². The Hall–Kier alpha value is -2.79. The van der Waals surface area contributed by atoms with Gasteiger partial charge in [-0.3, -0.25) is 0 Å². The van der Waals surface area contributed by atoms with Crippen molar-refractivity contribution in [2.75, 3.05) is 0 Å². The highest BCUT2D eigenvalue weighted by Gasteiger charge is 2.85. The molecule has 214 valence electrons. The maximum Gasteiger partial charge on any atom is 0.511 e. The van der Waals surface area contributed by atoms with Gasteiger partial charge in [-0.25, -0.2) is 23.2 Å². The fourth-order valence-corrected chi connectivity index (χ4v) is 7.44. The van der Waals surface area contributed by atoms with Crippen LogP contribution in [0.5, 0.6) is 0 Å². The van der Waals surface area contributed by atoms with Crippen molar-refractivity contribution in [1.82, 2.24) is 0 Å². The van der Waals surface area contributed by atoms with E-state index in [-0.39, 0.29) is 30.0 Å². The molecule has 39 heavy (non-hydrogen) atoms. The van der Waals surface area contributed by atoms with E-state index in [0.29, 0.717) is 11.5 Å². The molecule has 0 saturated heterocycles. The molecule has 0 aliphatic heterocycles. The van der Waals surface area contributed by atoms with Crippen molar-refractivity contribution in [3.05, 3.63) is 35.6 Å². The number of aliphatic carboxylic acids is 1. The van der Waals surface area contributed by atoms with Crippen LogP contribution in [0.15, 0.2) is 24.3 Å². The standard InChI is InChI=1S/C28H35F2NO8/c1-14(38-24(35)39-19-11-16-9-10-26(19,4)25(16,2)3)37-23(34)28(31)20(12-18-21(28)27(18,30)22(32)33)36-13-15-5-7-17(29)8-6-15/h5-8,14,16,18-21H,9-13,31H2,1-4H3,(H,32,33)/t14?,16-,18+,19+,20+,21-,26+,27+,28-/m0/s1. The number of benzene rings is 1. The number of hydrogen-bond donors (Lipinski definition) is 2. The molecule has 4 fully saturated rings. The lowest BCUT2D eigenvalue weighted by atomic mass is 9.70. The van der Waals surface area contributed by atoms with Crippen LogP contribution in [-0.4, -0.2) is 52.9 Å². The van der Waals surface area contributed by atoms with Crippen LogP contribution in [0.2, 0.25) is 0 Å². The van der Waals surface area contributed by atoms with Crippen molar-refractivity contribution >= 4 is 18.1 Å². The number of alkyl halides is 1. The second kappa shape index (κ2) is 9.12. The zero-order valence-electron chi connectivity index (χ0n) is 22.4. The summed E-state index contributed by atoms with van der Waals surface area (Å²) in [5.74, 6) is -5.30. The Labute approximate surface area is 225 Å². The molecule has 2 bridgehead atoms. The topological polar surface area (TPSA) is 134 Å². The Balaban J connectivity index is 1.23. The Morgan fingerprint density at radius 3 is 2.33 bits per heavy atom. The molecular weight excluding hydrogens is 516 g/mol. The largest absolute Gasteiger partial charge is 0.511 e. The van der Waals surface area contributed by atoms with Gasteiger partial charge in [0.05, 0.1) is 12.7 Å². The molecule has 9 nitrogen and oxygen atoms in total. The highest BCUT2D eigenvalue weighted by Crippen LogP contribution is 2.68. The van der Waals surface area contributed by atoms with Gasteiger partial charge in [-0.2, -0.15) is 0 Å². The lowest BCUT2D eigenvalue weighted by molar-refractivity contribution is -0.184. The van der Waals surface area contributed by atoms with Crippen LogP contribution in [0.1, 0.15) is 58.9 Å². The Morgan fingerprint density at radius 1 is 1.10 bits per heavy atom. The fraction of sp³-hybridized carbons (Fsp3) is 0.679. The summed E-state index contributed by atoms with van der Waals surface area (Å²) in [6.07, 6.45) is -1.25. The first-order valence-corrected chi connectivity index (χ1v) is 13.3. The highest BCUT2D eigenvalue weighted by atomic mass is 19.1. The maximum absolute atomic E-state index is 15.2. The van der Waals surface area contributed by atoms with Gasteiger partial charge < -0.3 is 29.8 Å². The molecule has 0 radical (unpaired) electrons. The van der Waals surface area contributed by atoms with Gasteiger partial charge in [-0.15, -0.1) is 0 Å². The predicted octanol–water partition coefficient (Wildman–Crippen LogP) is 4.11. The van der Waals surface area contributed by atoms with Gasteiger partial charge in [0.25, 0.3) is 0 Å². The Bertz CT molecular complexity index is 1180. The van der Waals surface area contributed by atoms with Crippen LogP contribution >= 0.6 is 0 Å². The molecule has 9 atom stereocenters. The van der Waals surface area contributed by atoms with Crippen molar-refractivity contribution in [3.8, 4) is 0 Å². The lowest BCUT2D eigenvalue weighted by Crippen LogP contribution is -2.61. The van der Waals surface area contributed by atoms with Crippen molar-refractivity contribution in [3.63, 3.8) is 0 Å². The number of fused-ring (bicyclic) bond motifs is 3. The molecule has 1 aromatic carbocycles. The smallest absolute Gasteiger partial charge is 0.479 e. The van der Waals surface area contributed by atoms with E-state index in [1.807, 2.05) is 0 Å². The van der Waals surface area contributed by atoms with Crippen LogP contribution in [0.3, 0.4) is 0 Å². The minimum absolute atomic E-state index is 0.0111. The van der Waals surface area contributed by atoms with Crippen LogP contribution < -0.4 is 5.73 Å².